The Labute approximate surface area is 174 Å². The van der Waals surface area contributed by atoms with Crippen molar-refractivity contribution in [1.82, 2.24) is 0 Å². The number of carbonyl (C=O) groups excluding carboxylic acids is 1. The van der Waals surface area contributed by atoms with E-state index < -0.39 is 27.4 Å². The molecule has 7 nitrogen and oxygen atoms in total. The van der Waals surface area contributed by atoms with Crippen LogP contribution < -0.4 is 0 Å². The number of aliphatic hydroxyl groups excluding tert-OH is 1. The number of ether oxygens (including phenoxy) is 1. The number of nitro benzene ring substituents is 1. The van der Waals surface area contributed by atoms with Gasteiger partial charge in [0.05, 0.1) is 10.7 Å². The molecule has 1 unspecified atom stereocenters. The lowest BCUT2D eigenvalue weighted by atomic mass is 9.69. The van der Waals surface area contributed by atoms with E-state index in [2.05, 4.69) is 0 Å². The summed E-state index contributed by atoms with van der Waals surface area (Å²) in [6.07, 6.45) is 3.57. The van der Waals surface area contributed by atoms with Crippen LogP contribution in [-0.2, 0) is 15.1 Å². The molecule has 30 heavy (non-hydrogen) atoms. The number of nitrogens with zero attached hydrogens (tertiary/aromatic N) is 1. The van der Waals surface area contributed by atoms with Crippen molar-refractivity contribution in [1.29, 1.82) is 0 Å². The molecule has 0 aliphatic heterocycles. The van der Waals surface area contributed by atoms with Crippen LogP contribution in [0.5, 0.6) is 5.75 Å². The van der Waals surface area contributed by atoms with Gasteiger partial charge in [-0.15, -0.1) is 0 Å². The standard InChI is InChI=1S/C23H23NO6/c1-15-6-4-5-7-18(15)23(30-14-25,17-9-11-21(27)22(2,3)13-17)16-8-10-20(26)19(12-16)24(28)29/h4-12,14,26-27H,13H2,1-3H3. The molecule has 0 spiro atoms. The number of nitro groups is 1. The average molecular weight is 409 g/mol. The van der Waals surface area contributed by atoms with Gasteiger partial charge in [-0.3, -0.25) is 14.9 Å². The molecule has 1 atom stereocenters. The largest absolute Gasteiger partial charge is 0.512 e. The number of hydrogen-bond acceptors (Lipinski definition) is 6. The number of allylic oxidation sites excluding steroid dienone is 3. The van der Waals surface area contributed by atoms with E-state index in [0.29, 0.717) is 29.6 Å². The fraction of sp³-hybridized carbons (Fsp3) is 0.261. The number of hydrogen-bond donors (Lipinski definition) is 2. The van der Waals surface area contributed by atoms with Gasteiger partial charge in [0, 0.05) is 22.6 Å². The summed E-state index contributed by atoms with van der Waals surface area (Å²) in [6, 6.07) is 11.2. The highest BCUT2D eigenvalue weighted by Crippen LogP contribution is 2.49. The lowest BCUT2D eigenvalue weighted by Crippen LogP contribution is -2.37. The van der Waals surface area contributed by atoms with Crippen LogP contribution in [0.15, 0.2) is 65.9 Å². The predicted octanol–water partition coefficient (Wildman–Crippen LogP) is 4.82. The molecule has 2 N–H and O–H groups in total. The third-order valence-electron chi connectivity index (χ3n) is 5.55. The number of aryl methyl sites for hydroxylation is 1. The number of benzene rings is 2. The Hall–Kier alpha value is -3.61. The van der Waals surface area contributed by atoms with Crippen LogP contribution in [-0.4, -0.2) is 21.6 Å². The second kappa shape index (κ2) is 7.67. The number of phenolic OH excluding ortho intramolecular Hbond substituents is 1. The molecule has 0 radical (unpaired) electrons. The van der Waals surface area contributed by atoms with Crippen LogP contribution in [0, 0.1) is 22.5 Å². The summed E-state index contributed by atoms with van der Waals surface area (Å²) in [4.78, 5) is 22.5. The van der Waals surface area contributed by atoms with Crippen LogP contribution in [0.25, 0.3) is 0 Å². The first kappa shape index (κ1) is 21.1. The summed E-state index contributed by atoms with van der Waals surface area (Å²) >= 11 is 0. The molecule has 0 amide bonds. The van der Waals surface area contributed by atoms with Crippen molar-refractivity contribution >= 4 is 12.2 Å². The molecule has 7 heteroatoms. The summed E-state index contributed by atoms with van der Waals surface area (Å²) in [6.45, 7) is 5.88. The van der Waals surface area contributed by atoms with Gasteiger partial charge in [-0.1, -0.05) is 50.3 Å². The molecule has 1 aliphatic rings. The summed E-state index contributed by atoms with van der Waals surface area (Å²) in [5.74, 6) is -0.295. The van der Waals surface area contributed by atoms with E-state index in [9.17, 15) is 25.1 Å². The minimum Gasteiger partial charge on any atom is -0.512 e. The first-order valence-electron chi connectivity index (χ1n) is 9.39. The van der Waals surface area contributed by atoms with Crippen LogP contribution in [0.4, 0.5) is 5.69 Å². The van der Waals surface area contributed by atoms with Gasteiger partial charge in [-0.25, -0.2) is 0 Å². The van der Waals surface area contributed by atoms with Crippen molar-refractivity contribution in [3.05, 3.63) is 92.8 Å². The smallest absolute Gasteiger partial charge is 0.311 e. The second-order valence-corrected chi connectivity index (χ2v) is 7.98. The van der Waals surface area contributed by atoms with Crippen molar-refractivity contribution in [2.75, 3.05) is 0 Å². The Morgan fingerprint density at radius 2 is 1.87 bits per heavy atom. The van der Waals surface area contributed by atoms with Gasteiger partial charge in [-0.2, -0.15) is 0 Å². The molecule has 1 aliphatic carbocycles. The SMILES string of the molecule is Cc1ccccc1C(OC=O)(C1=CC=C(O)C(C)(C)C1)c1ccc(O)c([N+](=O)[O-])c1. The van der Waals surface area contributed by atoms with Crippen LogP contribution in [0.3, 0.4) is 0 Å². The highest BCUT2D eigenvalue weighted by Gasteiger charge is 2.45. The van der Waals surface area contributed by atoms with Gasteiger partial charge in [0.1, 0.15) is 0 Å². The van der Waals surface area contributed by atoms with E-state index in [1.165, 1.54) is 18.2 Å². The van der Waals surface area contributed by atoms with E-state index in [0.717, 1.165) is 5.56 Å². The van der Waals surface area contributed by atoms with Crippen molar-refractivity contribution in [3.63, 3.8) is 0 Å². The highest BCUT2D eigenvalue weighted by molar-refractivity contribution is 5.59. The normalized spacial score (nSPS) is 17.3. The molecule has 156 valence electrons. The Balaban J connectivity index is 2.40. The fourth-order valence-corrected chi connectivity index (χ4v) is 3.92. The van der Waals surface area contributed by atoms with Crippen LogP contribution in [0.2, 0.25) is 0 Å². The zero-order valence-corrected chi connectivity index (χ0v) is 17.0. The van der Waals surface area contributed by atoms with Crippen LogP contribution in [0.1, 0.15) is 37.0 Å². The van der Waals surface area contributed by atoms with Gasteiger partial charge in [-0.05, 0) is 36.6 Å². The number of aliphatic hydroxyl groups is 1. The molecule has 2 aromatic rings. The average Bonchev–Trinajstić information content (AvgIpc) is 2.69. The summed E-state index contributed by atoms with van der Waals surface area (Å²) in [7, 11) is 0. The number of carbonyl (C=O) groups is 1. The summed E-state index contributed by atoms with van der Waals surface area (Å²) in [5, 5.41) is 31.7. The van der Waals surface area contributed by atoms with Crippen LogP contribution >= 0.6 is 0 Å². The molecule has 0 bridgehead atoms. The zero-order chi connectivity index (χ0) is 22.1. The molecular formula is C23H23NO6. The minimum absolute atomic E-state index is 0.188. The van der Waals surface area contributed by atoms with E-state index in [-0.39, 0.29) is 5.76 Å². The van der Waals surface area contributed by atoms with E-state index in [4.69, 9.17) is 4.74 Å². The Kier molecular flexibility index (Phi) is 5.39. The lowest BCUT2D eigenvalue weighted by Gasteiger charge is -2.40. The zero-order valence-electron chi connectivity index (χ0n) is 17.0. The monoisotopic (exact) mass is 409 g/mol. The third-order valence-corrected chi connectivity index (χ3v) is 5.55. The third kappa shape index (κ3) is 3.43. The van der Waals surface area contributed by atoms with E-state index in [1.807, 2.05) is 32.9 Å². The molecule has 0 aromatic heterocycles. The molecule has 0 heterocycles. The molecule has 0 saturated carbocycles. The van der Waals surface area contributed by atoms with Crippen molar-refractivity contribution in [3.8, 4) is 5.75 Å². The lowest BCUT2D eigenvalue weighted by molar-refractivity contribution is -0.386. The maximum atomic E-state index is 11.7. The Morgan fingerprint density at radius 1 is 1.17 bits per heavy atom. The predicted molar refractivity (Wildman–Crippen MR) is 111 cm³/mol. The summed E-state index contributed by atoms with van der Waals surface area (Å²) < 4.78 is 5.76. The van der Waals surface area contributed by atoms with Gasteiger partial charge >= 0.3 is 5.69 Å². The topological polar surface area (TPSA) is 110 Å². The second-order valence-electron chi connectivity index (χ2n) is 7.98. The van der Waals surface area contributed by atoms with E-state index in [1.54, 1.807) is 24.3 Å². The number of aromatic hydroxyl groups is 1. The summed E-state index contributed by atoms with van der Waals surface area (Å²) in [5.41, 5.74) is -0.180. The van der Waals surface area contributed by atoms with Gasteiger partial charge in [0.25, 0.3) is 6.47 Å². The first-order chi connectivity index (χ1) is 14.1. The van der Waals surface area contributed by atoms with Gasteiger partial charge in [0.15, 0.2) is 11.4 Å². The van der Waals surface area contributed by atoms with Crippen molar-refractivity contribution in [2.45, 2.75) is 32.8 Å². The molecule has 0 fully saturated rings. The molecular weight excluding hydrogens is 386 g/mol. The minimum atomic E-state index is -1.47. The maximum absolute atomic E-state index is 11.7. The quantitative estimate of drug-likeness (QED) is 0.402. The molecule has 2 aromatic carbocycles. The maximum Gasteiger partial charge on any atom is 0.311 e. The fourth-order valence-electron chi connectivity index (χ4n) is 3.92. The first-order valence-corrected chi connectivity index (χ1v) is 9.39. The Morgan fingerprint density at radius 3 is 2.47 bits per heavy atom. The molecule has 0 saturated heterocycles. The van der Waals surface area contributed by atoms with Crippen molar-refractivity contribution in [2.24, 2.45) is 5.41 Å². The number of phenols is 1. The Bertz CT molecular complexity index is 1070. The van der Waals surface area contributed by atoms with Crippen molar-refractivity contribution < 1.29 is 24.7 Å². The molecule has 3 rings (SSSR count). The highest BCUT2D eigenvalue weighted by atomic mass is 16.6. The van der Waals surface area contributed by atoms with E-state index >= 15 is 0 Å². The van der Waals surface area contributed by atoms with Gasteiger partial charge < -0.3 is 14.9 Å². The van der Waals surface area contributed by atoms with Gasteiger partial charge in [0.2, 0.25) is 0 Å². The number of rotatable bonds is 6.